The summed E-state index contributed by atoms with van der Waals surface area (Å²) in [6.45, 7) is 0.492. The molecule has 0 spiro atoms. The van der Waals surface area contributed by atoms with Gasteiger partial charge in [-0.1, -0.05) is 30.3 Å². The average molecular weight is 253 g/mol. The van der Waals surface area contributed by atoms with Crippen LogP contribution in [-0.2, 0) is 13.0 Å². The van der Waals surface area contributed by atoms with E-state index in [2.05, 4.69) is 6.07 Å². The zero-order chi connectivity index (χ0) is 13.5. The van der Waals surface area contributed by atoms with Gasteiger partial charge in [0.25, 0.3) is 0 Å². The lowest BCUT2D eigenvalue weighted by Crippen LogP contribution is -1.99. The first kappa shape index (κ1) is 13.0. The van der Waals surface area contributed by atoms with E-state index in [0.29, 0.717) is 13.0 Å². The van der Waals surface area contributed by atoms with E-state index < -0.39 is 0 Å². The molecular weight excluding hydrogens is 238 g/mol. The Hall–Kier alpha value is -2.47. The predicted octanol–water partition coefficient (Wildman–Crippen LogP) is 3.34. The molecular formula is C16H15NO2. The molecule has 0 heterocycles. The lowest BCUT2D eigenvalue weighted by molar-refractivity contribution is 0.302. The monoisotopic (exact) mass is 253 g/mol. The summed E-state index contributed by atoms with van der Waals surface area (Å²) >= 11 is 0. The number of hydrogen-bond acceptors (Lipinski definition) is 3. The zero-order valence-electron chi connectivity index (χ0n) is 10.8. The van der Waals surface area contributed by atoms with Crippen LogP contribution in [0.1, 0.15) is 11.1 Å². The number of hydrogen-bond donors (Lipinski definition) is 0. The van der Waals surface area contributed by atoms with Crippen molar-refractivity contribution in [3.8, 4) is 17.6 Å². The third kappa shape index (κ3) is 3.49. The number of methoxy groups -OCH3 is 1. The molecule has 0 amide bonds. The molecule has 0 fully saturated rings. The fourth-order valence-corrected chi connectivity index (χ4v) is 1.78. The number of benzene rings is 2. The first-order valence-electron chi connectivity index (χ1n) is 6.04. The van der Waals surface area contributed by atoms with Gasteiger partial charge in [0.2, 0.25) is 0 Å². The van der Waals surface area contributed by atoms with E-state index in [9.17, 15) is 0 Å². The summed E-state index contributed by atoms with van der Waals surface area (Å²) in [5.74, 6) is 1.46. The maximum absolute atomic E-state index is 8.85. The van der Waals surface area contributed by atoms with Crippen LogP contribution in [0.25, 0.3) is 0 Å². The van der Waals surface area contributed by atoms with E-state index in [4.69, 9.17) is 14.7 Å². The van der Waals surface area contributed by atoms with Crippen molar-refractivity contribution < 1.29 is 9.47 Å². The van der Waals surface area contributed by atoms with Crippen molar-refractivity contribution in [2.24, 2.45) is 0 Å². The molecule has 0 saturated heterocycles. The van der Waals surface area contributed by atoms with E-state index in [0.717, 1.165) is 22.6 Å². The van der Waals surface area contributed by atoms with E-state index in [1.54, 1.807) is 7.11 Å². The minimum Gasteiger partial charge on any atom is -0.497 e. The van der Waals surface area contributed by atoms with Crippen LogP contribution in [0.4, 0.5) is 0 Å². The largest absolute Gasteiger partial charge is 0.497 e. The van der Waals surface area contributed by atoms with Crippen molar-refractivity contribution in [1.29, 1.82) is 5.26 Å². The van der Waals surface area contributed by atoms with E-state index in [-0.39, 0.29) is 0 Å². The highest BCUT2D eigenvalue weighted by atomic mass is 16.5. The Kier molecular flexibility index (Phi) is 4.41. The highest BCUT2D eigenvalue weighted by Gasteiger charge is 2.06. The summed E-state index contributed by atoms with van der Waals surface area (Å²) in [7, 11) is 1.61. The van der Waals surface area contributed by atoms with Crippen LogP contribution in [0.5, 0.6) is 11.5 Å². The van der Waals surface area contributed by atoms with Crippen molar-refractivity contribution in [3.63, 3.8) is 0 Å². The normalized spacial score (nSPS) is 9.68. The Balaban J connectivity index is 2.13. The summed E-state index contributed by atoms with van der Waals surface area (Å²) in [4.78, 5) is 0. The summed E-state index contributed by atoms with van der Waals surface area (Å²) in [6, 6.07) is 17.6. The van der Waals surface area contributed by atoms with Gasteiger partial charge in [-0.3, -0.25) is 0 Å². The number of rotatable bonds is 5. The zero-order valence-corrected chi connectivity index (χ0v) is 10.8. The Morgan fingerprint density at radius 1 is 1.11 bits per heavy atom. The van der Waals surface area contributed by atoms with Gasteiger partial charge in [0.15, 0.2) is 0 Å². The minimum atomic E-state index is 0.307. The maximum Gasteiger partial charge on any atom is 0.124 e. The Morgan fingerprint density at radius 2 is 1.89 bits per heavy atom. The molecule has 0 radical (unpaired) electrons. The van der Waals surface area contributed by atoms with Gasteiger partial charge in [-0.25, -0.2) is 0 Å². The number of ether oxygens (including phenoxy) is 2. The molecule has 2 aromatic rings. The van der Waals surface area contributed by atoms with E-state index in [1.165, 1.54) is 0 Å². The first-order chi connectivity index (χ1) is 9.33. The highest BCUT2D eigenvalue weighted by molar-refractivity contribution is 5.41. The molecule has 2 aromatic carbocycles. The molecule has 0 aliphatic rings. The molecule has 0 unspecified atom stereocenters. The molecule has 0 aliphatic carbocycles. The van der Waals surface area contributed by atoms with Gasteiger partial charge in [0, 0.05) is 5.56 Å². The van der Waals surface area contributed by atoms with Crippen LogP contribution in [0, 0.1) is 11.3 Å². The Bertz CT molecular complexity index is 573. The highest BCUT2D eigenvalue weighted by Crippen LogP contribution is 2.25. The average Bonchev–Trinajstić information content (AvgIpc) is 2.47. The quantitative estimate of drug-likeness (QED) is 0.820. The Labute approximate surface area is 113 Å². The lowest BCUT2D eigenvalue weighted by atomic mass is 10.1. The second kappa shape index (κ2) is 6.46. The summed E-state index contributed by atoms with van der Waals surface area (Å²) < 4.78 is 10.9. The van der Waals surface area contributed by atoms with Crippen LogP contribution >= 0.6 is 0 Å². The van der Waals surface area contributed by atoms with Crippen LogP contribution in [0.2, 0.25) is 0 Å². The van der Waals surface area contributed by atoms with Crippen LogP contribution in [0.15, 0.2) is 48.5 Å². The van der Waals surface area contributed by atoms with Gasteiger partial charge in [-0.05, 0) is 23.8 Å². The molecule has 2 rings (SSSR count). The number of nitriles is 1. The van der Waals surface area contributed by atoms with E-state index in [1.807, 2.05) is 48.5 Å². The van der Waals surface area contributed by atoms with Gasteiger partial charge < -0.3 is 9.47 Å². The first-order valence-corrected chi connectivity index (χ1v) is 6.04. The topological polar surface area (TPSA) is 42.2 Å². The third-order valence-corrected chi connectivity index (χ3v) is 2.77. The van der Waals surface area contributed by atoms with Crippen LogP contribution in [-0.4, -0.2) is 7.11 Å². The van der Waals surface area contributed by atoms with Crippen LogP contribution in [0.3, 0.4) is 0 Å². The second-order valence-electron chi connectivity index (χ2n) is 4.08. The fourth-order valence-electron chi connectivity index (χ4n) is 1.78. The summed E-state index contributed by atoms with van der Waals surface area (Å²) in [5.41, 5.74) is 1.94. The van der Waals surface area contributed by atoms with Crippen molar-refractivity contribution in [3.05, 3.63) is 59.7 Å². The van der Waals surface area contributed by atoms with E-state index >= 15 is 0 Å². The van der Waals surface area contributed by atoms with Gasteiger partial charge >= 0.3 is 0 Å². The molecule has 3 heteroatoms. The molecule has 19 heavy (non-hydrogen) atoms. The third-order valence-electron chi connectivity index (χ3n) is 2.77. The molecule has 0 saturated carbocycles. The molecule has 96 valence electrons. The fraction of sp³-hybridized carbons (Fsp3) is 0.188. The van der Waals surface area contributed by atoms with Crippen LogP contribution < -0.4 is 9.47 Å². The second-order valence-corrected chi connectivity index (χ2v) is 4.08. The maximum atomic E-state index is 8.85. The van der Waals surface area contributed by atoms with Crippen molar-refractivity contribution in [2.45, 2.75) is 13.0 Å². The lowest BCUT2D eigenvalue weighted by Gasteiger charge is -2.11. The predicted molar refractivity (Wildman–Crippen MR) is 73.1 cm³/mol. The van der Waals surface area contributed by atoms with Gasteiger partial charge in [0.1, 0.15) is 18.1 Å². The van der Waals surface area contributed by atoms with Gasteiger partial charge in [0.05, 0.1) is 19.6 Å². The van der Waals surface area contributed by atoms with Gasteiger partial charge in [-0.15, -0.1) is 0 Å². The molecule has 0 atom stereocenters. The standard InChI is InChI=1S/C16H15NO2/c1-18-15-7-8-16(14(11-15)9-10-17)19-12-13-5-3-2-4-6-13/h2-8,11H,9,12H2,1H3. The molecule has 0 bridgehead atoms. The molecule has 0 aromatic heterocycles. The molecule has 0 N–H and O–H groups in total. The Morgan fingerprint density at radius 3 is 2.58 bits per heavy atom. The molecule has 0 aliphatic heterocycles. The SMILES string of the molecule is COc1ccc(OCc2ccccc2)c(CC#N)c1. The van der Waals surface area contributed by atoms with Crippen molar-refractivity contribution >= 4 is 0 Å². The smallest absolute Gasteiger partial charge is 0.124 e. The summed E-state index contributed by atoms with van der Waals surface area (Å²) in [6.07, 6.45) is 0.307. The molecule has 3 nitrogen and oxygen atoms in total. The summed E-state index contributed by atoms with van der Waals surface area (Å²) in [5, 5.41) is 8.85. The van der Waals surface area contributed by atoms with Gasteiger partial charge in [-0.2, -0.15) is 5.26 Å². The number of nitrogens with zero attached hydrogens (tertiary/aromatic N) is 1. The van der Waals surface area contributed by atoms with Crippen molar-refractivity contribution in [2.75, 3.05) is 7.11 Å². The van der Waals surface area contributed by atoms with Crippen molar-refractivity contribution in [1.82, 2.24) is 0 Å². The minimum absolute atomic E-state index is 0.307.